The Kier molecular flexibility index (Phi) is 5.87. The van der Waals surface area contributed by atoms with Crippen molar-refractivity contribution in [1.29, 1.82) is 0 Å². The van der Waals surface area contributed by atoms with Gasteiger partial charge in [0, 0.05) is 41.8 Å². The maximum atomic E-state index is 12.6. The van der Waals surface area contributed by atoms with Crippen LogP contribution in [0.1, 0.15) is 37.7 Å². The first-order valence-electron chi connectivity index (χ1n) is 9.01. The molecule has 1 heterocycles. The molecule has 25 heavy (non-hydrogen) atoms. The Hall–Kier alpha value is -1.30. The van der Waals surface area contributed by atoms with Crippen molar-refractivity contribution in [2.24, 2.45) is 11.7 Å². The molecular weight excluding hydrogens is 340 g/mol. The Morgan fingerprint density at radius 1 is 1.40 bits per heavy atom. The number of benzene rings is 1. The van der Waals surface area contributed by atoms with Gasteiger partial charge >= 0.3 is 0 Å². The van der Waals surface area contributed by atoms with Gasteiger partial charge < -0.3 is 20.5 Å². The minimum absolute atomic E-state index is 0.0219. The summed E-state index contributed by atoms with van der Waals surface area (Å²) in [5.41, 5.74) is 6.89. The van der Waals surface area contributed by atoms with E-state index in [1.807, 2.05) is 18.2 Å². The maximum Gasteiger partial charge on any atom is 0.224 e. The molecule has 1 aliphatic heterocycles. The van der Waals surface area contributed by atoms with Crippen molar-refractivity contribution in [1.82, 2.24) is 5.32 Å². The number of carbonyl (C=O) groups excluding carboxylic acids is 1. The van der Waals surface area contributed by atoms with Gasteiger partial charge in [0.05, 0.1) is 13.0 Å². The molecule has 1 aromatic carbocycles. The number of methoxy groups -OCH3 is 1. The number of halogens is 1. The van der Waals surface area contributed by atoms with Crippen molar-refractivity contribution in [3.8, 4) is 5.75 Å². The van der Waals surface area contributed by atoms with E-state index in [9.17, 15) is 4.79 Å². The molecule has 1 saturated heterocycles. The van der Waals surface area contributed by atoms with Crippen molar-refractivity contribution < 1.29 is 14.3 Å². The second-order valence-corrected chi connectivity index (χ2v) is 7.59. The van der Waals surface area contributed by atoms with E-state index in [0.717, 1.165) is 43.4 Å². The van der Waals surface area contributed by atoms with Crippen molar-refractivity contribution in [3.05, 3.63) is 28.8 Å². The van der Waals surface area contributed by atoms with E-state index in [0.29, 0.717) is 24.8 Å². The summed E-state index contributed by atoms with van der Waals surface area (Å²) in [6.45, 7) is 1.87. The SMILES string of the molecule is COc1ccc(Cl)cc1C1(CNC(=O)C2CCCC2N)CCOCC1. The van der Waals surface area contributed by atoms with Crippen LogP contribution in [0, 0.1) is 5.92 Å². The summed E-state index contributed by atoms with van der Waals surface area (Å²) < 4.78 is 11.1. The third-order valence-electron chi connectivity index (χ3n) is 5.69. The smallest absolute Gasteiger partial charge is 0.224 e. The molecule has 0 aromatic heterocycles. The van der Waals surface area contributed by atoms with Crippen molar-refractivity contribution in [2.45, 2.75) is 43.6 Å². The molecule has 0 spiro atoms. The van der Waals surface area contributed by atoms with Crippen LogP contribution in [0.15, 0.2) is 18.2 Å². The Bertz CT molecular complexity index is 617. The lowest BCUT2D eigenvalue weighted by atomic mass is 9.73. The lowest BCUT2D eigenvalue weighted by molar-refractivity contribution is -0.125. The summed E-state index contributed by atoms with van der Waals surface area (Å²) in [5.74, 6) is 0.799. The van der Waals surface area contributed by atoms with Gasteiger partial charge in [0.25, 0.3) is 0 Å². The number of hydrogen-bond donors (Lipinski definition) is 2. The molecule has 6 heteroatoms. The molecule has 2 fully saturated rings. The van der Waals surface area contributed by atoms with Crippen LogP contribution in [0.3, 0.4) is 0 Å². The van der Waals surface area contributed by atoms with E-state index in [1.54, 1.807) is 7.11 Å². The van der Waals surface area contributed by atoms with Crippen LogP contribution < -0.4 is 15.8 Å². The molecule has 1 aliphatic carbocycles. The number of carbonyl (C=O) groups is 1. The van der Waals surface area contributed by atoms with E-state index >= 15 is 0 Å². The zero-order valence-corrected chi connectivity index (χ0v) is 15.5. The highest BCUT2D eigenvalue weighted by Crippen LogP contribution is 2.41. The first kappa shape index (κ1) is 18.5. The van der Waals surface area contributed by atoms with Gasteiger partial charge in [-0.05, 0) is 43.9 Å². The number of hydrogen-bond acceptors (Lipinski definition) is 4. The maximum absolute atomic E-state index is 12.6. The van der Waals surface area contributed by atoms with Gasteiger partial charge in [0.15, 0.2) is 0 Å². The monoisotopic (exact) mass is 366 g/mol. The minimum Gasteiger partial charge on any atom is -0.496 e. The van der Waals surface area contributed by atoms with E-state index in [-0.39, 0.29) is 23.3 Å². The van der Waals surface area contributed by atoms with Crippen LogP contribution in [-0.2, 0) is 14.9 Å². The molecule has 3 N–H and O–H groups in total. The summed E-state index contributed by atoms with van der Waals surface area (Å²) in [5, 5.41) is 3.83. The number of nitrogens with one attached hydrogen (secondary N) is 1. The molecule has 2 unspecified atom stereocenters. The predicted molar refractivity (Wildman–Crippen MR) is 98.1 cm³/mol. The van der Waals surface area contributed by atoms with E-state index < -0.39 is 0 Å². The zero-order chi connectivity index (χ0) is 17.9. The second kappa shape index (κ2) is 7.94. The third kappa shape index (κ3) is 3.94. The van der Waals surface area contributed by atoms with E-state index in [1.165, 1.54) is 0 Å². The van der Waals surface area contributed by atoms with Crippen LogP contribution in [-0.4, -0.2) is 38.8 Å². The van der Waals surface area contributed by atoms with Gasteiger partial charge in [-0.25, -0.2) is 0 Å². The molecule has 5 nitrogen and oxygen atoms in total. The van der Waals surface area contributed by atoms with Crippen LogP contribution in [0.4, 0.5) is 0 Å². The van der Waals surface area contributed by atoms with Gasteiger partial charge in [0.2, 0.25) is 5.91 Å². The van der Waals surface area contributed by atoms with Gasteiger partial charge in [0.1, 0.15) is 5.75 Å². The quantitative estimate of drug-likeness (QED) is 0.840. The predicted octanol–water partition coefficient (Wildman–Crippen LogP) is 2.64. The Morgan fingerprint density at radius 2 is 2.16 bits per heavy atom. The summed E-state index contributed by atoms with van der Waals surface area (Å²) in [7, 11) is 1.66. The average Bonchev–Trinajstić information content (AvgIpc) is 3.06. The largest absolute Gasteiger partial charge is 0.496 e. The first-order chi connectivity index (χ1) is 12.1. The Balaban J connectivity index is 1.82. The summed E-state index contributed by atoms with van der Waals surface area (Å²) >= 11 is 6.25. The molecule has 1 amide bonds. The van der Waals surface area contributed by atoms with Crippen molar-refractivity contribution in [2.75, 3.05) is 26.9 Å². The number of nitrogens with two attached hydrogens (primary N) is 1. The van der Waals surface area contributed by atoms with Crippen molar-refractivity contribution in [3.63, 3.8) is 0 Å². The second-order valence-electron chi connectivity index (χ2n) is 7.16. The molecule has 138 valence electrons. The molecular formula is C19H27ClN2O3. The summed E-state index contributed by atoms with van der Waals surface area (Å²) in [6, 6.07) is 5.65. The van der Waals surface area contributed by atoms with Crippen LogP contribution >= 0.6 is 11.6 Å². The topological polar surface area (TPSA) is 73.6 Å². The molecule has 0 bridgehead atoms. The molecule has 1 aromatic rings. The van der Waals surface area contributed by atoms with Gasteiger partial charge in [-0.1, -0.05) is 18.0 Å². The minimum atomic E-state index is -0.229. The number of rotatable bonds is 5. The fourth-order valence-corrected chi connectivity index (χ4v) is 4.27. The molecule has 3 rings (SSSR count). The Morgan fingerprint density at radius 3 is 2.80 bits per heavy atom. The molecule has 1 saturated carbocycles. The first-order valence-corrected chi connectivity index (χ1v) is 9.38. The highest BCUT2D eigenvalue weighted by atomic mass is 35.5. The lowest BCUT2D eigenvalue weighted by Gasteiger charge is -2.39. The average molecular weight is 367 g/mol. The van der Waals surface area contributed by atoms with E-state index in [4.69, 9.17) is 26.8 Å². The third-order valence-corrected chi connectivity index (χ3v) is 5.93. The summed E-state index contributed by atoms with van der Waals surface area (Å²) in [6.07, 6.45) is 4.48. The van der Waals surface area contributed by atoms with Crippen LogP contribution in [0.25, 0.3) is 0 Å². The lowest BCUT2D eigenvalue weighted by Crippen LogP contribution is -2.47. The van der Waals surface area contributed by atoms with Gasteiger partial charge in [-0.2, -0.15) is 0 Å². The van der Waals surface area contributed by atoms with E-state index in [2.05, 4.69) is 5.32 Å². The van der Waals surface area contributed by atoms with Crippen LogP contribution in [0.5, 0.6) is 5.75 Å². The van der Waals surface area contributed by atoms with Crippen LogP contribution in [0.2, 0.25) is 5.02 Å². The molecule has 2 atom stereocenters. The van der Waals surface area contributed by atoms with Gasteiger partial charge in [-0.3, -0.25) is 4.79 Å². The fourth-order valence-electron chi connectivity index (χ4n) is 4.10. The fraction of sp³-hybridized carbons (Fsp3) is 0.632. The zero-order valence-electron chi connectivity index (χ0n) is 14.7. The normalized spacial score (nSPS) is 25.6. The Labute approximate surface area is 154 Å². The number of ether oxygens (including phenoxy) is 2. The highest BCUT2D eigenvalue weighted by Gasteiger charge is 2.39. The standard InChI is InChI=1S/C19H27ClN2O3/c1-24-17-6-5-13(20)11-15(17)19(7-9-25-10-8-19)12-22-18(23)14-3-2-4-16(14)21/h5-6,11,14,16H,2-4,7-10,12,21H2,1H3,(H,22,23). The van der Waals surface area contributed by atoms with Gasteiger partial charge in [-0.15, -0.1) is 0 Å². The molecule has 2 aliphatic rings. The summed E-state index contributed by atoms with van der Waals surface area (Å²) in [4.78, 5) is 12.6. The molecule has 0 radical (unpaired) electrons. The number of amides is 1. The van der Waals surface area contributed by atoms with Crippen molar-refractivity contribution >= 4 is 17.5 Å². The highest BCUT2D eigenvalue weighted by molar-refractivity contribution is 6.30.